The molecule has 2 aromatic carbocycles. The average molecular weight is 427 g/mol. The normalized spacial score (nSPS) is 12.7. The second-order valence-electron chi connectivity index (χ2n) is 4.83. The Labute approximate surface area is 159 Å². The maximum absolute atomic E-state index is 13.0. The van der Waals surface area contributed by atoms with Crippen LogP contribution >= 0.6 is 46.4 Å². The van der Waals surface area contributed by atoms with Gasteiger partial charge in [0.2, 0.25) is 5.24 Å². The Balaban J connectivity index is 2.68. The molecule has 0 N–H and O–H groups in total. The molecule has 0 bridgehead atoms. The molecule has 0 saturated heterocycles. The first-order chi connectivity index (χ1) is 11.1. The zero-order valence-corrected chi connectivity index (χ0v) is 16.1. The largest absolute Gasteiger partial charge is 0.279 e. The van der Waals surface area contributed by atoms with Gasteiger partial charge in [-0.15, -0.1) is 0 Å². The number of benzene rings is 2. The van der Waals surface area contributed by atoms with E-state index in [-0.39, 0.29) is 20.6 Å². The lowest BCUT2D eigenvalue weighted by Gasteiger charge is -2.29. The molecule has 1 atom stereocenters. The van der Waals surface area contributed by atoms with Gasteiger partial charge in [-0.25, -0.2) is 8.42 Å². The van der Waals surface area contributed by atoms with E-state index < -0.39 is 21.3 Å². The molecule has 2 rings (SSSR count). The Morgan fingerprint density at radius 1 is 1.00 bits per heavy atom. The van der Waals surface area contributed by atoms with Gasteiger partial charge in [-0.1, -0.05) is 34.8 Å². The van der Waals surface area contributed by atoms with Crippen molar-refractivity contribution in [3.8, 4) is 0 Å². The lowest BCUT2D eigenvalue weighted by atomic mass is 10.3. The van der Waals surface area contributed by atoms with E-state index in [0.29, 0.717) is 5.02 Å². The van der Waals surface area contributed by atoms with Gasteiger partial charge >= 0.3 is 0 Å². The third-order valence-corrected chi connectivity index (χ3v) is 6.22. The smallest absolute Gasteiger partial charge is 0.265 e. The zero-order valence-electron chi connectivity index (χ0n) is 12.2. The fourth-order valence-corrected chi connectivity index (χ4v) is 4.35. The van der Waals surface area contributed by atoms with E-state index in [4.69, 9.17) is 46.4 Å². The SMILES string of the molecule is CC(C(=O)Cl)N(c1cc(Cl)ccc1Cl)S(=O)(=O)c1ccc(Cl)cc1. The number of halogens is 4. The van der Waals surface area contributed by atoms with E-state index in [1.807, 2.05) is 0 Å². The Hall–Kier alpha value is -0.980. The molecule has 0 aliphatic rings. The molecule has 0 radical (unpaired) electrons. The third kappa shape index (κ3) is 3.98. The molecule has 0 aliphatic heterocycles. The van der Waals surface area contributed by atoms with Gasteiger partial charge in [0.1, 0.15) is 6.04 Å². The minimum absolute atomic E-state index is 0.0561. The molecule has 128 valence electrons. The van der Waals surface area contributed by atoms with Crippen LogP contribution in [0.4, 0.5) is 5.69 Å². The number of nitrogens with zero attached hydrogens (tertiary/aromatic N) is 1. The van der Waals surface area contributed by atoms with Crippen LogP contribution in [0.15, 0.2) is 47.4 Å². The lowest BCUT2D eigenvalue weighted by Crippen LogP contribution is -2.42. The van der Waals surface area contributed by atoms with E-state index in [1.54, 1.807) is 0 Å². The van der Waals surface area contributed by atoms with Gasteiger partial charge in [-0.3, -0.25) is 9.10 Å². The second kappa shape index (κ2) is 7.50. The number of anilines is 1. The quantitative estimate of drug-likeness (QED) is 0.632. The maximum atomic E-state index is 13.0. The predicted molar refractivity (Wildman–Crippen MR) is 97.9 cm³/mol. The molecule has 0 fully saturated rings. The summed E-state index contributed by atoms with van der Waals surface area (Å²) in [6.07, 6.45) is 0. The fraction of sp³-hybridized carbons (Fsp3) is 0.133. The van der Waals surface area contributed by atoms with E-state index in [2.05, 4.69) is 0 Å². The minimum Gasteiger partial charge on any atom is -0.279 e. The summed E-state index contributed by atoms with van der Waals surface area (Å²) in [4.78, 5) is 11.6. The summed E-state index contributed by atoms with van der Waals surface area (Å²) < 4.78 is 26.9. The monoisotopic (exact) mass is 425 g/mol. The van der Waals surface area contributed by atoms with Gasteiger partial charge in [-0.05, 0) is 61.0 Å². The van der Waals surface area contributed by atoms with Gasteiger partial charge in [0.05, 0.1) is 15.6 Å². The van der Waals surface area contributed by atoms with Crippen LogP contribution in [0.25, 0.3) is 0 Å². The number of hydrogen-bond donors (Lipinski definition) is 0. The first-order valence-corrected chi connectivity index (χ1v) is 9.54. The molecule has 24 heavy (non-hydrogen) atoms. The number of carbonyl (C=O) groups is 1. The highest BCUT2D eigenvalue weighted by Crippen LogP contribution is 2.35. The molecular weight excluding hydrogens is 416 g/mol. The third-order valence-electron chi connectivity index (χ3n) is 3.20. The highest BCUT2D eigenvalue weighted by atomic mass is 35.5. The number of rotatable bonds is 5. The summed E-state index contributed by atoms with van der Waals surface area (Å²) in [7, 11) is -4.13. The van der Waals surface area contributed by atoms with Crippen LogP contribution in [0, 0.1) is 0 Å². The summed E-state index contributed by atoms with van der Waals surface area (Å²) in [6.45, 7) is 1.36. The molecule has 0 spiro atoms. The minimum atomic E-state index is -4.13. The topological polar surface area (TPSA) is 54.5 Å². The first-order valence-electron chi connectivity index (χ1n) is 6.59. The number of hydrogen-bond acceptors (Lipinski definition) is 3. The molecule has 0 aromatic heterocycles. The van der Waals surface area contributed by atoms with Crippen LogP contribution in [0.2, 0.25) is 15.1 Å². The van der Waals surface area contributed by atoms with Crippen molar-refractivity contribution in [3.63, 3.8) is 0 Å². The highest BCUT2D eigenvalue weighted by molar-refractivity contribution is 7.93. The molecule has 1 unspecified atom stereocenters. The summed E-state index contributed by atoms with van der Waals surface area (Å²) in [5, 5.41) is -0.104. The second-order valence-corrected chi connectivity index (χ2v) is 8.30. The van der Waals surface area contributed by atoms with Crippen molar-refractivity contribution in [3.05, 3.63) is 57.5 Å². The van der Waals surface area contributed by atoms with E-state index >= 15 is 0 Å². The summed E-state index contributed by atoms with van der Waals surface area (Å²) >= 11 is 23.4. The molecular formula is C15H11Cl4NO3S. The summed E-state index contributed by atoms with van der Waals surface area (Å²) in [5.74, 6) is 0. The Morgan fingerprint density at radius 2 is 1.54 bits per heavy atom. The van der Waals surface area contributed by atoms with Gasteiger partial charge < -0.3 is 0 Å². The van der Waals surface area contributed by atoms with Crippen LogP contribution in [0.3, 0.4) is 0 Å². The zero-order chi connectivity index (χ0) is 18.1. The summed E-state index contributed by atoms with van der Waals surface area (Å²) in [5.41, 5.74) is 0.0561. The molecule has 0 heterocycles. The van der Waals surface area contributed by atoms with Crippen molar-refractivity contribution >= 4 is 67.4 Å². The number of sulfonamides is 1. The van der Waals surface area contributed by atoms with E-state index in [0.717, 1.165) is 4.31 Å². The fourth-order valence-electron chi connectivity index (χ4n) is 2.01. The van der Waals surface area contributed by atoms with E-state index in [9.17, 15) is 13.2 Å². The average Bonchev–Trinajstić information content (AvgIpc) is 2.51. The first kappa shape index (κ1) is 19.3. The van der Waals surface area contributed by atoms with Crippen LogP contribution in [-0.4, -0.2) is 19.7 Å². The Morgan fingerprint density at radius 3 is 2.08 bits per heavy atom. The van der Waals surface area contributed by atoms with Crippen molar-refractivity contribution in [1.82, 2.24) is 0 Å². The van der Waals surface area contributed by atoms with Gasteiger partial charge in [-0.2, -0.15) is 0 Å². The van der Waals surface area contributed by atoms with Crippen LogP contribution in [0.1, 0.15) is 6.92 Å². The predicted octanol–water partition coefficient (Wildman–Crippen LogP) is 5.00. The summed E-state index contributed by atoms with van der Waals surface area (Å²) in [6, 6.07) is 8.63. The van der Waals surface area contributed by atoms with Gasteiger partial charge in [0, 0.05) is 10.0 Å². The maximum Gasteiger partial charge on any atom is 0.265 e. The number of carbonyl (C=O) groups excluding carboxylic acids is 1. The Bertz CT molecular complexity index is 869. The van der Waals surface area contributed by atoms with Crippen LogP contribution in [-0.2, 0) is 14.8 Å². The van der Waals surface area contributed by atoms with Crippen LogP contribution < -0.4 is 4.31 Å². The standard InChI is InChI=1S/C15H11Cl4NO3S/c1-9(15(19)21)20(14-8-11(17)4-7-13(14)18)24(22,23)12-5-2-10(16)3-6-12/h2-9H,1H3. The van der Waals surface area contributed by atoms with E-state index in [1.165, 1.54) is 49.4 Å². The van der Waals surface area contributed by atoms with Crippen LogP contribution in [0.5, 0.6) is 0 Å². The van der Waals surface area contributed by atoms with Crippen molar-refractivity contribution in [2.24, 2.45) is 0 Å². The van der Waals surface area contributed by atoms with Crippen molar-refractivity contribution in [2.75, 3.05) is 4.31 Å². The molecule has 4 nitrogen and oxygen atoms in total. The highest BCUT2D eigenvalue weighted by Gasteiger charge is 2.34. The molecule has 9 heteroatoms. The molecule has 0 aliphatic carbocycles. The van der Waals surface area contributed by atoms with Crippen molar-refractivity contribution in [2.45, 2.75) is 17.9 Å². The lowest BCUT2D eigenvalue weighted by molar-refractivity contribution is -0.112. The van der Waals surface area contributed by atoms with Crippen molar-refractivity contribution in [1.29, 1.82) is 0 Å². The molecule has 0 saturated carbocycles. The molecule has 0 amide bonds. The van der Waals surface area contributed by atoms with Gasteiger partial charge in [0.25, 0.3) is 10.0 Å². The molecule has 2 aromatic rings. The Kier molecular flexibility index (Phi) is 6.04. The van der Waals surface area contributed by atoms with Crippen molar-refractivity contribution < 1.29 is 13.2 Å². The van der Waals surface area contributed by atoms with Gasteiger partial charge in [0.15, 0.2) is 0 Å².